The van der Waals surface area contributed by atoms with Gasteiger partial charge in [-0.2, -0.15) is 13.2 Å². The largest absolute Gasteiger partial charge is 0.416 e. The molecular formula is C16H10F3N3O2. The molecule has 1 aromatic heterocycles. The molecule has 0 aliphatic rings. The number of rotatable bonds is 3. The van der Waals surface area contributed by atoms with Crippen LogP contribution in [0, 0.1) is 10.1 Å². The van der Waals surface area contributed by atoms with Crippen molar-refractivity contribution in [3.05, 3.63) is 70.4 Å². The molecule has 8 heteroatoms. The summed E-state index contributed by atoms with van der Waals surface area (Å²) >= 11 is 0. The van der Waals surface area contributed by atoms with Crippen LogP contribution in [-0.2, 0) is 6.18 Å². The molecule has 24 heavy (non-hydrogen) atoms. The van der Waals surface area contributed by atoms with E-state index in [9.17, 15) is 23.3 Å². The maximum Gasteiger partial charge on any atom is 0.416 e. The van der Waals surface area contributed by atoms with Crippen molar-refractivity contribution in [3.8, 4) is 0 Å². The van der Waals surface area contributed by atoms with Gasteiger partial charge >= 0.3 is 6.18 Å². The van der Waals surface area contributed by atoms with E-state index in [-0.39, 0.29) is 11.1 Å². The summed E-state index contributed by atoms with van der Waals surface area (Å²) < 4.78 is 38.7. The van der Waals surface area contributed by atoms with Gasteiger partial charge in [0.2, 0.25) is 0 Å². The number of nitrogens with zero attached hydrogens (tertiary/aromatic N) is 2. The number of hydrogen-bond donors (Lipinski definition) is 1. The van der Waals surface area contributed by atoms with Crippen LogP contribution in [-0.4, -0.2) is 9.91 Å². The topological polar surface area (TPSA) is 68.1 Å². The van der Waals surface area contributed by atoms with E-state index in [0.29, 0.717) is 16.9 Å². The van der Waals surface area contributed by atoms with Crippen LogP contribution in [0.2, 0.25) is 0 Å². The zero-order chi connectivity index (χ0) is 17.3. The lowest BCUT2D eigenvalue weighted by Crippen LogP contribution is -2.05. The minimum Gasteiger partial charge on any atom is -0.355 e. The van der Waals surface area contributed by atoms with Gasteiger partial charge in [-0.3, -0.25) is 15.1 Å². The van der Waals surface area contributed by atoms with Crippen LogP contribution in [0.5, 0.6) is 0 Å². The van der Waals surface area contributed by atoms with Crippen molar-refractivity contribution in [1.82, 2.24) is 4.98 Å². The Morgan fingerprint density at radius 2 is 1.88 bits per heavy atom. The van der Waals surface area contributed by atoms with Gasteiger partial charge in [0.05, 0.1) is 16.0 Å². The van der Waals surface area contributed by atoms with Gasteiger partial charge < -0.3 is 5.32 Å². The number of halogens is 3. The summed E-state index contributed by atoms with van der Waals surface area (Å²) in [7, 11) is 0. The van der Waals surface area contributed by atoms with Gasteiger partial charge in [0.25, 0.3) is 5.69 Å². The van der Waals surface area contributed by atoms with Gasteiger partial charge in [-0.25, -0.2) is 0 Å². The summed E-state index contributed by atoms with van der Waals surface area (Å²) in [5, 5.41) is 14.0. The molecule has 0 saturated carbocycles. The fourth-order valence-corrected chi connectivity index (χ4v) is 2.28. The molecule has 0 saturated heterocycles. The molecule has 122 valence electrons. The second kappa shape index (κ2) is 5.80. The standard InChI is InChI=1S/C16H10F3N3O2/c17-16(18,19)10-4-5-14-13(8-10)15(6-7-20-14)21-11-2-1-3-12(9-11)22(23)24/h1-9H,(H,20,21). The van der Waals surface area contributed by atoms with Crippen LogP contribution in [0.15, 0.2) is 54.7 Å². The maximum atomic E-state index is 12.9. The van der Waals surface area contributed by atoms with Crippen molar-refractivity contribution >= 4 is 28.0 Å². The lowest BCUT2D eigenvalue weighted by atomic mass is 10.1. The van der Waals surface area contributed by atoms with Gasteiger partial charge in [-0.15, -0.1) is 0 Å². The Hall–Kier alpha value is -3.16. The number of non-ortho nitro benzene ring substituents is 1. The molecule has 0 bridgehead atoms. The monoisotopic (exact) mass is 333 g/mol. The van der Waals surface area contributed by atoms with Crippen LogP contribution in [0.4, 0.5) is 30.2 Å². The fourth-order valence-electron chi connectivity index (χ4n) is 2.28. The molecule has 2 aromatic carbocycles. The maximum absolute atomic E-state index is 12.9. The third kappa shape index (κ3) is 3.12. The lowest BCUT2D eigenvalue weighted by Gasteiger charge is -2.12. The molecule has 3 aromatic rings. The molecule has 0 fully saturated rings. The third-order valence-electron chi connectivity index (χ3n) is 3.40. The quantitative estimate of drug-likeness (QED) is 0.546. The number of nitrogens with one attached hydrogen (secondary N) is 1. The Balaban J connectivity index is 2.06. The van der Waals surface area contributed by atoms with Crippen molar-refractivity contribution in [2.24, 2.45) is 0 Å². The van der Waals surface area contributed by atoms with E-state index in [1.54, 1.807) is 6.07 Å². The number of nitro groups is 1. The summed E-state index contributed by atoms with van der Waals surface area (Å²) in [6.07, 6.45) is -3.01. The van der Waals surface area contributed by atoms with E-state index in [1.807, 2.05) is 0 Å². The first-order valence-electron chi connectivity index (χ1n) is 6.82. The zero-order valence-electron chi connectivity index (χ0n) is 12.0. The third-order valence-corrected chi connectivity index (χ3v) is 3.40. The summed E-state index contributed by atoms with van der Waals surface area (Å²) in [6, 6.07) is 10.5. The highest BCUT2D eigenvalue weighted by atomic mass is 19.4. The molecule has 0 atom stereocenters. The number of benzene rings is 2. The predicted octanol–water partition coefficient (Wildman–Crippen LogP) is 4.91. The Morgan fingerprint density at radius 1 is 1.08 bits per heavy atom. The van der Waals surface area contributed by atoms with Crippen LogP contribution < -0.4 is 5.32 Å². The summed E-state index contributed by atoms with van der Waals surface area (Å²) in [5.41, 5.74) is 0.263. The first-order chi connectivity index (χ1) is 11.3. The highest BCUT2D eigenvalue weighted by Gasteiger charge is 2.30. The average molecular weight is 333 g/mol. The fraction of sp³-hybridized carbons (Fsp3) is 0.0625. The van der Waals surface area contributed by atoms with Crippen LogP contribution in [0.1, 0.15) is 5.56 Å². The van der Waals surface area contributed by atoms with E-state index in [0.717, 1.165) is 12.1 Å². The predicted molar refractivity (Wildman–Crippen MR) is 83.1 cm³/mol. The number of aromatic nitrogens is 1. The van der Waals surface area contributed by atoms with Crippen LogP contribution in [0.3, 0.4) is 0 Å². The van der Waals surface area contributed by atoms with Crippen molar-refractivity contribution in [1.29, 1.82) is 0 Å². The summed E-state index contributed by atoms with van der Waals surface area (Å²) in [4.78, 5) is 14.3. The molecule has 0 aliphatic heterocycles. The second-order valence-corrected chi connectivity index (χ2v) is 5.02. The first kappa shape index (κ1) is 15.7. The second-order valence-electron chi connectivity index (χ2n) is 5.02. The number of fused-ring (bicyclic) bond motifs is 1. The molecule has 1 heterocycles. The molecule has 3 rings (SSSR count). The van der Waals surface area contributed by atoms with E-state index < -0.39 is 16.7 Å². The van der Waals surface area contributed by atoms with Gasteiger partial charge in [0.1, 0.15) is 0 Å². The normalized spacial score (nSPS) is 11.5. The molecular weight excluding hydrogens is 323 g/mol. The van der Waals surface area contributed by atoms with Crippen LogP contribution in [0.25, 0.3) is 10.9 Å². The van der Waals surface area contributed by atoms with Gasteiger partial charge in [-0.1, -0.05) is 6.07 Å². The van der Waals surface area contributed by atoms with Crippen LogP contribution >= 0.6 is 0 Å². The summed E-state index contributed by atoms with van der Waals surface area (Å²) in [5.74, 6) is 0. The molecule has 1 N–H and O–H groups in total. The summed E-state index contributed by atoms with van der Waals surface area (Å²) in [6.45, 7) is 0. The van der Waals surface area contributed by atoms with Crippen molar-refractivity contribution in [2.75, 3.05) is 5.32 Å². The number of alkyl halides is 3. The van der Waals surface area contributed by atoms with Gasteiger partial charge in [0, 0.05) is 35.1 Å². The molecule has 0 amide bonds. The van der Waals surface area contributed by atoms with E-state index >= 15 is 0 Å². The molecule has 0 unspecified atom stereocenters. The number of pyridine rings is 1. The Kier molecular flexibility index (Phi) is 3.80. The average Bonchev–Trinajstić information content (AvgIpc) is 2.54. The molecule has 0 aliphatic carbocycles. The molecule has 5 nitrogen and oxygen atoms in total. The number of nitro benzene ring substituents is 1. The molecule has 0 spiro atoms. The van der Waals surface area contributed by atoms with Crippen molar-refractivity contribution < 1.29 is 18.1 Å². The van der Waals surface area contributed by atoms with E-state index in [1.165, 1.54) is 36.5 Å². The van der Waals surface area contributed by atoms with E-state index in [2.05, 4.69) is 10.3 Å². The van der Waals surface area contributed by atoms with Crippen molar-refractivity contribution in [3.63, 3.8) is 0 Å². The Morgan fingerprint density at radius 3 is 2.58 bits per heavy atom. The Labute approximate surface area is 133 Å². The Bertz CT molecular complexity index is 926. The highest BCUT2D eigenvalue weighted by molar-refractivity contribution is 5.93. The number of hydrogen-bond acceptors (Lipinski definition) is 4. The minimum absolute atomic E-state index is 0.116. The first-order valence-corrected chi connectivity index (χ1v) is 6.82. The zero-order valence-corrected chi connectivity index (χ0v) is 12.0. The minimum atomic E-state index is -4.47. The molecule has 0 radical (unpaired) electrons. The lowest BCUT2D eigenvalue weighted by molar-refractivity contribution is -0.384. The van der Waals surface area contributed by atoms with E-state index in [4.69, 9.17) is 0 Å². The van der Waals surface area contributed by atoms with Crippen molar-refractivity contribution in [2.45, 2.75) is 6.18 Å². The number of anilines is 2. The SMILES string of the molecule is O=[N+]([O-])c1cccc(Nc2ccnc3ccc(C(F)(F)F)cc23)c1. The highest BCUT2D eigenvalue weighted by Crippen LogP contribution is 2.34. The van der Waals surface area contributed by atoms with Gasteiger partial charge in [0.15, 0.2) is 0 Å². The smallest absolute Gasteiger partial charge is 0.355 e. The van der Waals surface area contributed by atoms with Gasteiger partial charge in [-0.05, 0) is 30.3 Å².